The normalized spacial score (nSPS) is 13.4. The number of ketones is 1. The fourth-order valence-corrected chi connectivity index (χ4v) is 6.52. The van der Waals surface area contributed by atoms with Crippen LogP contribution in [0.25, 0.3) is 11.3 Å². The van der Waals surface area contributed by atoms with Crippen LogP contribution in [0, 0.1) is 16.7 Å². The Morgan fingerprint density at radius 2 is 1.69 bits per heavy atom. The number of carboxylic acid groups (broad SMARTS) is 1. The summed E-state index contributed by atoms with van der Waals surface area (Å²) < 4.78 is 11.5. The van der Waals surface area contributed by atoms with Gasteiger partial charge in [-0.3, -0.25) is 14.4 Å². The Labute approximate surface area is 359 Å². The van der Waals surface area contributed by atoms with Crippen molar-refractivity contribution >= 4 is 35.3 Å². The fourth-order valence-electron chi connectivity index (χ4n) is 6.52. The molecule has 0 radical (unpaired) electrons. The van der Waals surface area contributed by atoms with E-state index in [9.17, 15) is 29.5 Å². The third-order valence-corrected chi connectivity index (χ3v) is 10.0. The zero-order chi connectivity index (χ0) is 44.4. The Morgan fingerprint density at radius 3 is 2.40 bits per heavy atom. The molecular formula is C45H48N10O7. The van der Waals surface area contributed by atoms with E-state index in [0.29, 0.717) is 77.2 Å². The second kappa shape index (κ2) is 19.4. The number of carbonyl (C=O) groups is 4. The standard InChI is InChI=1S/C45H48N10O7/c1-44(2,3)16-15-35(42(59)60)54-41(58)29-11-14-37(50-24-29)62-32-10-6-8-28(22-32)40(57)48-18-20-61-21-19-49-43-51-25-31(26-52-43)34-13-12-33-38(56)45(4,5)55(39(33)53-34)27-30-9-7-17-47-36(30)23-46/h6-14,17,22,24-26,35H,15-16,18-21,27H2,1-5H3,(H,48,57)(H,54,58)(H,59,60)(H,49,51,52)/t35-/m0/s1. The average Bonchev–Trinajstić information content (AvgIpc) is 3.44. The van der Waals surface area contributed by atoms with Gasteiger partial charge in [0.1, 0.15) is 29.4 Å². The average molecular weight is 841 g/mol. The number of fused-ring (bicyclic) bond motifs is 1. The molecule has 1 atom stereocenters. The molecule has 4 N–H and O–H groups in total. The molecule has 17 nitrogen and oxygen atoms in total. The van der Waals surface area contributed by atoms with Crippen LogP contribution in [0.1, 0.15) is 89.8 Å². The van der Waals surface area contributed by atoms with Gasteiger partial charge in [0, 0.05) is 67.2 Å². The minimum atomic E-state index is -1.10. The summed E-state index contributed by atoms with van der Waals surface area (Å²) in [7, 11) is 0. The predicted molar refractivity (Wildman–Crippen MR) is 229 cm³/mol. The quantitative estimate of drug-likeness (QED) is 0.0759. The Balaban J connectivity index is 0.923. The van der Waals surface area contributed by atoms with Gasteiger partial charge in [-0.25, -0.2) is 29.7 Å². The molecule has 0 unspecified atom stereocenters. The van der Waals surface area contributed by atoms with Gasteiger partial charge in [-0.1, -0.05) is 32.9 Å². The van der Waals surface area contributed by atoms with Gasteiger partial charge in [0.2, 0.25) is 11.8 Å². The lowest BCUT2D eigenvalue weighted by Crippen LogP contribution is -2.44. The van der Waals surface area contributed by atoms with E-state index >= 15 is 0 Å². The van der Waals surface area contributed by atoms with Crippen molar-refractivity contribution < 1.29 is 33.8 Å². The highest BCUT2D eigenvalue weighted by Crippen LogP contribution is 2.40. The highest BCUT2D eigenvalue weighted by atomic mass is 16.5. The highest BCUT2D eigenvalue weighted by molar-refractivity contribution is 6.13. The van der Waals surface area contributed by atoms with E-state index in [1.165, 1.54) is 18.3 Å². The van der Waals surface area contributed by atoms with E-state index in [4.69, 9.17) is 14.5 Å². The van der Waals surface area contributed by atoms with Crippen molar-refractivity contribution in [2.45, 2.75) is 65.6 Å². The minimum absolute atomic E-state index is 0.0585. The molecule has 5 heterocycles. The van der Waals surface area contributed by atoms with Crippen LogP contribution in [0.5, 0.6) is 11.6 Å². The molecule has 6 rings (SSSR count). The lowest BCUT2D eigenvalue weighted by atomic mass is 9.88. The number of nitriles is 1. The van der Waals surface area contributed by atoms with Crippen LogP contribution in [0.4, 0.5) is 11.8 Å². The maximum atomic E-state index is 13.3. The van der Waals surface area contributed by atoms with Gasteiger partial charge in [0.25, 0.3) is 11.8 Å². The lowest BCUT2D eigenvalue weighted by molar-refractivity contribution is -0.139. The summed E-state index contributed by atoms with van der Waals surface area (Å²) in [5, 5.41) is 27.6. The number of nitrogens with zero attached hydrogens (tertiary/aromatic N) is 7. The van der Waals surface area contributed by atoms with Gasteiger partial charge in [-0.15, -0.1) is 0 Å². The molecule has 2 amide bonds. The smallest absolute Gasteiger partial charge is 0.326 e. The molecule has 1 aliphatic heterocycles. The van der Waals surface area contributed by atoms with Crippen LogP contribution >= 0.6 is 0 Å². The molecule has 0 aliphatic carbocycles. The monoisotopic (exact) mass is 840 g/mol. The van der Waals surface area contributed by atoms with Crippen LogP contribution in [0.15, 0.2) is 85.5 Å². The summed E-state index contributed by atoms with van der Waals surface area (Å²) >= 11 is 0. The van der Waals surface area contributed by atoms with Crippen molar-refractivity contribution in [2.24, 2.45) is 5.41 Å². The van der Waals surface area contributed by atoms with Crippen molar-refractivity contribution in [3.05, 3.63) is 113 Å². The third-order valence-electron chi connectivity index (χ3n) is 10.0. The van der Waals surface area contributed by atoms with Crippen molar-refractivity contribution in [3.63, 3.8) is 0 Å². The van der Waals surface area contributed by atoms with Gasteiger partial charge in [-0.2, -0.15) is 5.26 Å². The third kappa shape index (κ3) is 11.1. The summed E-state index contributed by atoms with van der Waals surface area (Å²) in [5.74, 6) is -0.585. The summed E-state index contributed by atoms with van der Waals surface area (Å²) in [6.07, 6.45) is 7.07. The molecule has 1 aliphatic rings. The number of carboxylic acids is 1. The molecule has 17 heteroatoms. The number of amides is 2. The SMILES string of the molecule is CC(C)(C)CC[C@H](NC(=O)c1ccc(Oc2cccc(C(=O)NCCOCCNc3ncc(-c4ccc5c(n4)N(Cc4cccnc4C#N)C(C)(C)C5=O)cn3)c2)nc1)C(=O)O. The number of benzene rings is 1. The number of rotatable bonds is 18. The number of nitrogens with one attached hydrogen (secondary N) is 3. The van der Waals surface area contributed by atoms with E-state index in [-0.39, 0.29) is 48.2 Å². The van der Waals surface area contributed by atoms with Gasteiger partial charge in [0.15, 0.2) is 5.78 Å². The van der Waals surface area contributed by atoms with Gasteiger partial charge in [-0.05, 0) is 74.6 Å². The van der Waals surface area contributed by atoms with Crippen LogP contribution in [-0.4, -0.2) is 91.5 Å². The minimum Gasteiger partial charge on any atom is -0.480 e. The Kier molecular flexibility index (Phi) is 13.8. The maximum Gasteiger partial charge on any atom is 0.326 e. The number of aromatic nitrogens is 5. The largest absolute Gasteiger partial charge is 0.480 e. The van der Waals surface area contributed by atoms with Crippen LogP contribution < -0.4 is 25.6 Å². The molecule has 0 saturated carbocycles. The first-order chi connectivity index (χ1) is 29.6. The Bertz CT molecular complexity index is 2460. The Hall–Kier alpha value is -7.32. The number of carbonyl (C=O) groups excluding carboxylic acids is 3. The van der Waals surface area contributed by atoms with Gasteiger partial charge >= 0.3 is 5.97 Å². The number of aliphatic carboxylic acids is 1. The lowest BCUT2D eigenvalue weighted by Gasteiger charge is -2.32. The zero-order valence-corrected chi connectivity index (χ0v) is 35.1. The molecule has 0 bridgehead atoms. The molecule has 62 heavy (non-hydrogen) atoms. The molecule has 0 saturated heterocycles. The molecule has 0 spiro atoms. The fraction of sp³-hybridized carbons (Fsp3) is 0.333. The number of hydrogen-bond donors (Lipinski definition) is 4. The van der Waals surface area contributed by atoms with Gasteiger partial charge < -0.3 is 35.4 Å². The molecular weight excluding hydrogens is 793 g/mol. The number of Topliss-reactive ketones (excluding diaryl/α,β-unsaturated/α-hetero) is 1. The second-order valence-electron chi connectivity index (χ2n) is 16.2. The van der Waals surface area contributed by atoms with Crippen molar-refractivity contribution in [1.82, 2.24) is 35.6 Å². The van der Waals surface area contributed by atoms with E-state index in [0.717, 1.165) is 0 Å². The topological polar surface area (TPSA) is 235 Å². The van der Waals surface area contributed by atoms with Gasteiger partial charge in [0.05, 0.1) is 35.6 Å². The first kappa shape index (κ1) is 44.2. The summed E-state index contributed by atoms with van der Waals surface area (Å²) in [6, 6.07) is 17.7. The molecule has 1 aromatic carbocycles. The zero-order valence-electron chi connectivity index (χ0n) is 35.1. The number of ether oxygens (including phenoxy) is 2. The van der Waals surface area contributed by atoms with Crippen molar-refractivity contribution in [3.8, 4) is 29.0 Å². The predicted octanol–water partition coefficient (Wildman–Crippen LogP) is 5.84. The maximum absolute atomic E-state index is 13.3. The van der Waals surface area contributed by atoms with Crippen molar-refractivity contribution in [1.29, 1.82) is 5.26 Å². The van der Waals surface area contributed by atoms with Crippen molar-refractivity contribution in [2.75, 3.05) is 36.5 Å². The molecule has 4 aromatic heterocycles. The van der Waals surface area contributed by atoms with E-state index in [1.54, 1.807) is 61.1 Å². The molecule has 0 fully saturated rings. The molecule has 320 valence electrons. The highest BCUT2D eigenvalue weighted by Gasteiger charge is 2.45. The van der Waals surface area contributed by atoms with E-state index < -0.39 is 23.5 Å². The molecule has 5 aromatic rings. The number of pyridine rings is 3. The van der Waals surface area contributed by atoms with E-state index in [1.807, 2.05) is 45.6 Å². The van der Waals surface area contributed by atoms with Crippen LogP contribution in [-0.2, 0) is 16.1 Å². The first-order valence-corrected chi connectivity index (χ1v) is 20.0. The number of hydrogen-bond acceptors (Lipinski definition) is 14. The number of anilines is 2. The van der Waals surface area contributed by atoms with Crippen LogP contribution in [0.2, 0.25) is 0 Å². The summed E-state index contributed by atoms with van der Waals surface area (Å²) in [5.41, 5.74) is 2.35. The summed E-state index contributed by atoms with van der Waals surface area (Å²) in [6.45, 7) is 11.2. The van der Waals surface area contributed by atoms with Crippen LogP contribution in [0.3, 0.4) is 0 Å². The Morgan fingerprint density at radius 1 is 0.919 bits per heavy atom. The summed E-state index contributed by atoms with van der Waals surface area (Å²) in [4.78, 5) is 74.5. The second-order valence-corrected chi connectivity index (χ2v) is 16.2. The van der Waals surface area contributed by atoms with E-state index in [2.05, 4.69) is 42.0 Å². The first-order valence-electron chi connectivity index (χ1n) is 20.0.